The van der Waals surface area contributed by atoms with Gasteiger partial charge in [0.2, 0.25) is 5.91 Å². The van der Waals surface area contributed by atoms with E-state index in [-0.39, 0.29) is 11.3 Å². The SMILES string of the molecule is CCc1ccc(C(N)=O)cc1[N+](=O)[O-]. The predicted molar refractivity (Wildman–Crippen MR) is 51.0 cm³/mol. The van der Waals surface area contributed by atoms with Crippen LogP contribution in [0.25, 0.3) is 0 Å². The van der Waals surface area contributed by atoms with Gasteiger partial charge in [0.05, 0.1) is 4.92 Å². The van der Waals surface area contributed by atoms with Crippen molar-refractivity contribution in [3.63, 3.8) is 0 Å². The molecule has 5 heteroatoms. The summed E-state index contributed by atoms with van der Waals surface area (Å²) in [6.07, 6.45) is 0.551. The molecule has 0 bridgehead atoms. The van der Waals surface area contributed by atoms with Crippen LogP contribution in [0.1, 0.15) is 22.8 Å². The van der Waals surface area contributed by atoms with E-state index in [4.69, 9.17) is 5.73 Å². The maximum atomic E-state index is 10.8. The first kappa shape index (κ1) is 10.2. The molecule has 1 amide bonds. The molecule has 1 aromatic rings. The van der Waals surface area contributed by atoms with Crippen LogP contribution in [-0.4, -0.2) is 10.8 Å². The van der Waals surface area contributed by atoms with Crippen molar-refractivity contribution in [1.82, 2.24) is 0 Å². The van der Waals surface area contributed by atoms with Crippen molar-refractivity contribution in [3.05, 3.63) is 39.4 Å². The number of nitrogens with zero attached hydrogens (tertiary/aromatic N) is 1. The minimum Gasteiger partial charge on any atom is -0.366 e. The van der Waals surface area contributed by atoms with E-state index in [0.29, 0.717) is 12.0 Å². The lowest BCUT2D eigenvalue weighted by atomic mass is 10.1. The number of carbonyl (C=O) groups is 1. The highest BCUT2D eigenvalue weighted by atomic mass is 16.6. The fourth-order valence-electron chi connectivity index (χ4n) is 1.19. The summed E-state index contributed by atoms with van der Waals surface area (Å²) >= 11 is 0. The molecule has 0 heterocycles. The number of rotatable bonds is 3. The summed E-state index contributed by atoms with van der Waals surface area (Å²) in [4.78, 5) is 20.9. The van der Waals surface area contributed by atoms with Crippen molar-refractivity contribution in [1.29, 1.82) is 0 Å². The first-order valence-electron chi connectivity index (χ1n) is 4.13. The monoisotopic (exact) mass is 194 g/mol. The summed E-state index contributed by atoms with van der Waals surface area (Å²) in [7, 11) is 0. The molecule has 0 saturated heterocycles. The van der Waals surface area contributed by atoms with E-state index in [9.17, 15) is 14.9 Å². The highest BCUT2D eigenvalue weighted by Crippen LogP contribution is 2.20. The molecular formula is C9H10N2O3. The van der Waals surface area contributed by atoms with Crippen LogP contribution in [0.5, 0.6) is 0 Å². The third kappa shape index (κ3) is 1.87. The van der Waals surface area contributed by atoms with E-state index in [1.807, 2.05) is 6.92 Å². The van der Waals surface area contributed by atoms with Gasteiger partial charge in [0.15, 0.2) is 0 Å². The molecule has 0 radical (unpaired) electrons. The second kappa shape index (κ2) is 3.87. The Bertz CT molecular complexity index is 388. The van der Waals surface area contributed by atoms with Gasteiger partial charge in [0, 0.05) is 17.2 Å². The topological polar surface area (TPSA) is 86.2 Å². The molecule has 14 heavy (non-hydrogen) atoms. The molecule has 5 nitrogen and oxygen atoms in total. The Morgan fingerprint density at radius 3 is 2.64 bits per heavy atom. The van der Waals surface area contributed by atoms with E-state index in [1.165, 1.54) is 12.1 Å². The van der Waals surface area contributed by atoms with Crippen LogP contribution in [0.15, 0.2) is 18.2 Å². The molecule has 74 valence electrons. The number of carbonyl (C=O) groups excluding carboxylic acids is 1. The van der Waals surface area contributed by atoms with Gasteiger partial charge in [0.25, 0.3) is 5.69 Å². The third-order valence-electron chi connectivity index (χ3n) is 1.95. The van der Waals surface area contributed by atoms with Crippen LogP contribution in [0.3, 0.4) is 0 Å². The number of hydrogen-bond donors (Lipinski definition) is 1. The van der Waals surface area contributed by atoms with Gasteiger partial charge in [-0.25, -0.2) is 0 Å². The number of nitro groups is 1. The molecule has 0 aliphatic heterocycles. The number of hydrogen-bond acceptors (Lipinski definition) is 3. The lowest BCUT2D eigenvalue weighted by Gasteiger charge is -2.00. The smallest absolute Gasteiger partial charge is 0.273 e. The highest BCUT2D eigenvalue weighted by molar-refractivity contribution is 5.93. The highest BCUT2D eigenvalue weighted by Gasteiger charge is 2.14. The van der Waals surface area contributed by atoms with Gasteiger partial charge in [-0.15, -0.1) is 0 Å². The summed E-state index contributed by atoms with van der Waals surface area (Å²) in [6, 6.07) is 4.26. The molecule has 0 atom stereocenters. The number of benzene rings is 1. The first-order valence-corrected chi connectivity index (χ1v) is 4.13. The molecule has 0 aliphatic carbocycles. The molecule has 1 rings (SSSR count). The molecule has 1 aromatic carbocycles. The Labute approximate surface area is 80.7 Å². The average Bonchev–Trinajstić information content (AvgIpc) is 2.16. The van der Waals surface area contributed by atoms with Gasteiger partial charge >= 0.3 is 0 Å². The Balaban J connectivity index is 3.27. The van der Waals surface area contributed by atoms with Crippen LogP contribution in [0.4, 0.5) is 5.69 Å². The maximum absolute atomic E-state index is 10.8. The van der Waals surface area contributed by atoms with Crippen LogP contribution >= 0.6 is 0 Å². The lowest BCUT2D eigenvalue weighted by molar-refractivity contribution is -0.385. The van der Waals surface area contributed by atoms with E-state index >= 15 is 0 Å². The Hall–Kier alpha value is -1.91. The van der Waals surface area contributed by atoms with Gasteiger partial charge < -0.3 is 5.73 Å². The summed E-state index contributed by atoms with van der Waals surface area (Å²) in [6.45, 7) is 1.81. The summed E-state index contributed by atoms with van der Waals surface area (Å²) in [5.41, 5.74) is 5.72. The molecule has 0 aliphatic rings. The molecule has 0 unspecified atom stereocenters. The van der Waals surface area contributed by atoms with E-state index in [1.54, 1.807) is 6.07 Å². The quantitative estimate of drug-likeness (QED) is 0.580. The largest absolute Gasteiger partial charge is 0.366 e. The van der Waals surface area contributed by atoms with Gasteiger partial charge in [-0.2, -0.15) is 0 Å². The maximum Gasteiger partial charge on any atom is 0.273 e. The van der Waals surface area contributed by atoms with Crippen molar-refractivity contribution >= 4 is 11.6 Å². The Morgan fingerprint density at radius 1 is 1.57 bits per heavy atom. The summed E-state index contributed by atoms with van der Waals surface area (Å²) in [5, 5.41) is 10.6. The van der Waals surface area contributed by atoms with Gasteiger partial charge in [-0.3, -0.25) is 14.9 Å². The van der Waals surface area contributed by atoms with Gasteiger partial charge in [-0.1, -0.05) is 13.0 Å². The zero-order valence-corrected chi connectivity index (χ0v) is 7.69. The normalized spacial score (nSPS) is 9.79. The fourth-order valence-corrected chi connectivity index (χ4v) is 1.19. The number of amides is 1. The first-order chi connectivity index (χ1) is 6.56. The van der Waals surface area contributed by atoms with Crippen LogP contribution in [-0.2, 0) is 6.42 Å². The molecule has 0 aromatic heterocycles. The molecule has 0 spiro atoms. The van der Waals surface area contributed by atoms with Crippen LogP contribution in [0.2, 0.25) is 0 Å². The number of aryl methyl sites for hydroxylation is 1. The second-order valence-electron chi connectivity index (χ2n) is 2.82. The van der Waals surface area contributed by atoms with Crippen molar-refractivity contribution in [3.8, 4) is 0 Å². The van der Waals surface area contributed by atoms with E-state index < -0.39 is 10.8 Å². The summed E-state index contributed by atoms with van der Waals surface area (Å²) in [5.74, 6) is -0.657. The van der Waals surface area contributed by atoms with E-state index in [2.05, 4.69) is 0 Å². The van der Waals surface area contributed by atoms with Crippen LogP contribution < -0.4 is 5.73 Å². The van der Waals surface area contributed by atoms with Crippen molar-refractivity contribution in [2.75, 3.05) is 0 Å². The van der Waals surface area contributed by atoms with Crippen molar-refractivity contribution in [2.45, 2.75) is 13.3 Å². The standard InChI is InChI=1S/C9H10N2O3/c1-2-6-3-4-7(9(10)12)5-8(6)11(13)14/h3-5H,2H2,1H3,(H2,10,12). The second-order valence-corrected chi connectivity index (χ2v) is 2.82. The minimum atomic E-state index is -0.657. The number of nitrogens with two attached hydrogens (primary N) is 1. The van der Waals surface area contributed by atoms with Crippen LogP contribution in [0, 0.1) is 10.1 Å². The molecule has 0 fully saturated rings. The minimum absolute atomic E-state index is 0.0520. The average molecular weight is 194 g/mol. The molecular weight excluding hydrogens is 184 g/mol. The summed E-state index contributed by atoms with van der Waals surface area (Å²) < 4.78 is 0. The zero-order chi connectivity index (χ0) is 10.7. The third-order valence-corrected chi connectivity index (χ3v) is 1.95. The lowest BCUT2D eigenvalue weighted by Crippen LogP contribution is -2.11. The predicted octanol–water partition coefficient (Wildman–Crippen LogP) is 1.26. The molecule has 0 saturated carbocycles. The molecule has 2 N–H and O–H groups in total. The van der Waals surface area contributed by atoms with Gasteiger partial charge in [-0.05, 0) is 12.5 Å². The Morgan fingerprint density at radius 2 is 2.21 bits per heavy atom. The van der Waals surface area contributed by atoms with Crippen molar-refractivity contribution < 1.29 is 9.72 Å². The van der Waals surface area contributed by atoms with Gasteiger partial charge in [0.1, 0.15) is 0 Å². The zero-order valence-electron chi connectivity index (χ0n) is 7.69. The van der Waals surface area contributed by atoms with Crippen molar-refractivity contribution in [2.24, 2.45) is 5.73 Å². The fraction of sp³-hybridized carbons (Fsp3) is 0.222. The van der Waals surface area contributed by atoms with E-state index in [0.717, 1.165) is 0 Å². The number of primary amides is 1. The number of nitro benzene ring substituents is 1. The Kier molecular flexibility index (Phi) is 2.81.